The van der Waals surface area contributed by atoms with Crippen LogP contribution in [0, 0.1) is 12.7 Å². The number of carbonyl (C=O) groups is 1. The maximum atomic E-state index is 13.7. The largest absolute Gasteiger partial charge is 0.497 e. The molecule has 0 aromatic heterocycles. The molecule has 0 spiro atoms. The van der Waals surface area contributed by atoms with Crippen LogP contribution in [0.5, 0.6) is 11.5 Å². The first-order chi connectivity index (χ1) is 10.0. The van der Waals surface area contributed by atoms with E-state index in [2.05, 4.69) is 5.32 Å². The average molecular weight is 289 g/mol. The van der Waals surface area contributed by atoms with Crippen LogP contribution >= 0.6 is 0 Å². The lowest BCUT2D eigenvalue weighted by molar-refractivity contribution is 0.102. The second-order valence-corrected chi connectivity index (χ2v) is 4.54. The van der Waals surface area contributed by atoms with Gasteiger partial charge >= 0.3 is 0 Å². The Hall–Kier alpha value is -2.56. The summed E-state index contributed by atoms with van der Waals surface area (Å²) in [4.78, 5) is 12.2. The van der Waals surface area contributed by atoms with Gasteiger partial charge in [-0.1, -0.05) is 11.6 Å². The van der Waals surface area contributed by atoms with Crippen molar-refractivity contribution in [2.75, 3.05) is 19.5 Å². The van der Waals surface area contributed by atoms with E-state index in [0.29, 0.717) is 17.2 Å². The van der Waals surface area contributed by atoms with Gasteiger partial charge in [0.2, 0.25) is 0 Å². The van der Waals surface area contributed by atoms with E-state index in [1.807, 2.05) is 0 Å². The monoisotopic (exact) mass is 289 g/mol. The molecule has 0 aliphatic rings. The zero-order chi connectivity index (χ0) is 15.4. The van der Waals surface area contributed by atoms with Crippen molar-refractivity contribution in [3.63, 3.8) is 0 Å². The zero-order valence-corrected chi connectivity index (χ0v) is 12.1. The molecule has 2 aromatic carbocycles. The summed E-state index contributed by atoms with van der Waals surface area (Å²) in [6.45, 7) is 1.80. The first kappa shape index (κ1) is 14.8. The van der Waals surface area contributed by atoms with Gasteiger partial charge in [0, 0.05) is 23.9 Å². The molecule has 0 aliphatic carbocycles. The lowest BCUT2D eigenvalue weighted by Gasteiger charge is -2.10. The number of methoxy groups -OCH3 is 2. The van der Waals surface area contributed by atoms with Crippen molar-refractivity contribution in [1.82, 2.24) is 0 Å². The van der Waals surface area contributed by atoms with Crippen molar-refractivity contribution < 1.29 is 18.7 Å². The van der Waals surface area contributed by atoms with Gasteiger partial charge in [-0.05, 0) is 19.1 Å². The molecule has 4 nitrogen and oxygen atoms in total. The van der Waals surface area contributed by atoms with Gasteiger partial charge in [0.1, 0.15) is 17.3 Å². The first-order valence-corrected chi connectivity index (χ1v) is 6.34. The van der Waals surface area contributed by atoms with Crippen LogP contribution in [0.1, 0.15) is 15.9 Å². The SMILES string of the molecule is COc1cc(NC(=O)c2cc(C)ccc2F)cc(OC)c1. The molecule has 1 amide bonds. The minimum absolute atomic E-state index is 0.00298. The summed E-state index contributed by atoms with van der Waals surface area (Å²) in [5.74, 6) is -0.0109. The smallest absolute Gasteiger partial charge is 0.258 e. The number of amides is 1. The molecule has 0 bridgehead atoms. The van der Waals surface area contributed by atoms with E-state index in [0.717, 1.165) is 5.56 Å². The minimum Gasteiger partial charge on any atom is -0.497 e. The van der Waals surface area contributed by atoms with Gasteiger partial charge in [0.25, 0.3) is 5.91 Å². The highest BCUT2D eigenvalue weighted by Gasteiger charge is 2.13. The fraction of sp³-hybridized carbons (Fsp3) is 0.188. The average Bonchev–Trinajstić information content (AvgIpc) is 2.49. The topological polar surface area (TPSA) is 47.6 Å². The lowest BCUT2D eigenvalue weighted by atomic mass is 10.1. The molecule has 0 radical (unpaired) electrons. The number of ether oxygens (including phenoxy) is 2. The third-order valence-corrected chi connectivity index (χ3v) is 2.98. The van der Waals surface area contributed by atoms with E-state index < -0.39 is 11.7 Å². The lowest BCUT2D eigenvalue weighted by Crippen LogP contribution is -2.14. The Morgan fingerprint density at radius 1 is 1.05 bits per heavy atom. The van der Waals surface area contributed by atoms with Crippen molar-refractivity contribution >= 4 is 11.6 Å². The number of carbonyl (C=O) groups excluding carboxylic acids is 1. The maximum absolute atomic E-state index is 13.7. The van der Waals surface area contributed by atoms with Crippen LogP contribution in [0.25, 0.3) is 0 Å². The van der Waals surface area contributed by atoms with Crippen molar-refractivity contribution in [3.8, 4) is 11.5 Å². The fourth-order valence-corrected chi connectivity index (χ4v) is 1.89. The minimum atomic E-state index is -0.562. The summed E-state index contributed by atoms with van der Waals surface area (Å²) in [5, 5.41) is 2.64. The first-order valence-electron chi connectivity index (χ1n) is 6.34. The summed E-state index contributed by atoms with van der Waals surface area (Å²) in [6, 6.07) is 9.34. The summed E-state index contributed by atoms with van der Waals surface area (Å²) < 4.78 is 23.9. The van der Waals surface area contributed by atoms with E-state index in [-0.39, 0.29) is 5.56 Å². The molecule has 0 unspecified atom stereocenters. The van der Waals surface area contributed by atoms with E-state index in [1.165, 1.54) is 26.4 Å². The van der Waals surface area contributed by atoms with Crippen LogP contribution in [-0.2, 0) is 0 Å². The predicted molar refractivity (Wildman–Crippen MR) is 78.6 cm³/mol. The molecule has 2 aromatic rings. The normalized spacial score (nSPS) is 10.1. The quantitative estimate of drug-likeness (QED) is 0.938. The second kappa shape index (κ2) is 6.26. The number of rotatable bonds is 4. The number of hydrogen-bond acceptors (Lipinski definition) is 3. The van der Waals surface area contributed by atoms with Crippen molar-refractivity contribution in [3.05, 3.63) is 53.3 Å². The molecule has 110 valence electrons. The van der Waals surface area contributed by atoms with Crippen molar-refractivity contribution in [2.24, 2.45) is 0 Å². The molecular weight excluding hydrogens is 273 g/mol. The number of aryl methyl sites for hydroxylation is 1. The molecule has 21 heavy (non-hydrogen) atoms. The summed E-state index contributed by atoms with van der Waals surface area (Å²) in [7, 11) is 3.03. The number of hydrogen-bond donors (Lipinski definition) is 1. The van der Waals surface area contributed by atoms with E-state index >= 15 is 0 Å². The molecule has 5 heteroatoms. The number of benzene rings is 2. The standard InChI is InChI=1S/C16H16FNO3/c1-10-4-5-15(17)14(6-10)16(19)18-11-7-12(20-2)9-13(8-11)21-3/h4-9H,1-3H3,(H,18,19). The van der Waals surface area contributed by atoms with E-state index in [1.54, 1.807) is 31.2 Å². The van der Waals surface area contributed by atoms with Gasteiger partial charge < -0.3 is 14.8 Å². The van der Waals surface area contributed by atoms with Crippen molar-refractivity contribution in [2.45, 2.75) is 6.92 Å². The Kier molecular flexibility index (Phi) is 4.42. The van der Waals surface area contributed by atoms with Crippen LogP contribution < -0.4 is 14.8 Å². The number of anilines is 1. The third kappa shape index (κ3) is 3.51. The van der Waals surface area contributed by atoms with Crippen molar-refractivity contribution in [1.29, 1.82) is 0 Å². The second-order valence-electron chi connectivity index (χ2n) is 4.54. The van der Waals surface area contributed by atoms with Crippen LogP contribution in [0.3, 0.4) is 0 Å². The Balaban J connectivity index is 2.28. The molecule has 0 saturated carbocycles. The molecular formula is C16H16FNO3. The molecule has 0 fully saturated rings. The summed E-state index contributed by atoms with van der Waals surface area (Å²) in [6.07, 6.45) is 0. The molecule has 2 rings (SSSR count). The van der Waals surface area contributed by atoms with Gasteiger partial charge in [-0.15, -0.1) is 0 Å². The molecule has 0 heterocycles. The van der Waals surface area contributed by atoms with Gasteiger partial charge in [0.15, 0.2) is 0 Å². The van der Waals surface area contributed by atoms with Gasteiger partial charge in [-0.3, -0.25) is 4.79 Å². The Morgan fingerprint density at radius 2 is 1.67 bits per heavy atom. The van der Waals surface area contributed by atoms with Gasteiger partial charge in [-0.25, -0.2) is 4.39 Å². The molecule has 0 atom stereocenters. The molecule has 0 aliphatic heterocycles. The summed E-state index contributed by atoms with van der Waals surface area (Å²) >= 11 is 0. The number of halogens is 1. The van der Waals surface area contributed by atoms with E-state index in [9.17, 15) is 9.18 Å². The Morgan fingerprint density at radius 3 is 2.24 bits per heavy atom. The van der Waals surface area contributed by atoms with Crippen LogP contribution in [0.4, 0.5) is 10.1 Å². The van der Waals surface area contributed by atoms with Crippen LogP contribution in [0.15, 0.2) is 36.4 Å². The maximum Gasteiger partial charge on any atom is 0.258 e. The Labute approximate surface area is 122 Å². The van der Waals surface area contributed by atoms with Gasteiger partial charge in [0.05, 0.1) is 19.8 Å². The highest BCUT2D eigenvalue weighted by atomic mass is 19.1. The fourth-order valence-electron chi connectivity index (χ4n) is 1.89. The third-order valence-electron chi connectivity index (χ3n) is 2.98. The number of nitrogens with one attached hydrogen (secondary N) is 1. The predicted octanol–water partition coefficient (Wildman–Crippen LogP) is 3.40. The van der Waals surface area contributed by atoms with Crippen LogP contribution in [0.2, 0.25) is 0 Å². The van der Waals surface area contributed by atoms with Crippen LogP contribution in [-0.4, -0.2) is 20.1 Å². The molecule has 0 saturated heterocycles. The highest BCUT2D eigenvalue weighted by Crippen LogP contribution is 2.26. The summed E-state index contributed by atoms with van der Waals surface area (Å²) in [5.41, 5.74) is 1.28. The molecule has 1 N–H and O–H groups in total. The highest BCUT2D eigenvalue weighted by molar-refractivity contribution is 6.04. The van der Waals surface area contributed by atoms with Gasteiger partial charge in [-0.2, -0.15) is 0 Å². The Bertz CT molecular complexity index is 648. The van der Waals surface area contributed by atoms with E-state index in [4.69, 9.17) is 9.47 Å². The zero-order valence-electron chi connectivity index (χ0n) is 12.1.